The van der Waals surface area contributed by atoms with Crippen molar-refractivity contribution in [3.63, 3.8) is 0 Å². The highest BCUT2D eigenvalue weighted by Crippen LogP contribution is 2.28. The molecule has 0 spiro atoms. The lowest BCUT2D eigenvalue weighted by molar-refractivity contribution is 0.276. The third-order valence-corrected chi connectivity index (χ3v) is 4.12. The van der Waals surface area contributed by atoms with E-state index >= 15 is 0 Å². The fraction of sp³-hybridized carbons (Fsp3) is 0.429. The molecule has 0 aromatic carbocycles. The number of hydrogen-bond donors (Lipinski definition) is 2. The van der Waals surface area contributed by atoms with E-state index in [0.717, 1.165) is 42.8 Å². The predicted molar refractivity (Wildman–Crippen MR) is 80.3 cm³/mol. The zero-order valence-electron chi connectivity index (χ0n) is 12.1. The standard InChI is InChI=1S/C14H17N7O/c22-8-10-6-21(19-18-10)11-2-1-5-20(7-11)14-12-3-4-15-13(12)16-9-17-14/h3-4,6,9,11,22H,1-2,5,7-8H2,(H,15,16,17). The molecule has 1 aliphatic heterocycles. The number of anilines is 1. The molecule has 3 aromatic rings. The van der Waals surface area contributed by atoms with Gasteiger partial charge in [0.15, 0.2) is 0 Å². The summed E-state index contributed by atoms with van der Waals surface area (Å²) in [7, 11) is 0. The zero-order valence-corrected chi connectivity index (χ0v) is 12.1. The molecule has 1 unspecified atom stereocenters. The van der Waals surface area contributed by atoms with Gasteiger partial charge in [-0.25, -0.2) is 14.6 Å². The van der Waals surface area contributed by atoms with Gasteiger partial charge in [0.1, 0.15) is 23.5 Å². The van der Waals surface area contributed by atoms with Crippen LogP contribution in [-0.2, 0) is 6.61 Å². The van der Waals surface area contributed by atoms with E-state index in [1.54, 1.807) is 6.33 Å². The molecular formula is C14H17N7O. The first kappa shape index (κ1) is 13.2. The number of hydrogen-bond acceptors (Lipinski definition) is 6. The van der Waals surface area contributed by atoms with E-state index in [-0.39, 0.29) is 12.6 Å². The molecule has 1 fully saturated rings. The molecule has 8 heteroatoms. The summed E-state index contributed by atoms with van der Waals surface area (Å²) in [4.78, 5) is 14.1. The summed E-state index contributed by atoms with van der Waals surface area (Å²) < 4.78 is 1.85. The maximum atomic E-state index is 9.13. The van der Waals surface area contributed by atoms with Crippen molar-refractivity contribution in [2.75, 3.05) is 18.0 Å². The van der Waals surface area contributed by atoms with Gasteiger partial charge in [0.2, 0.25) is 0 Å². The molecule has 8 nitrogen and oxygen atoms in total. The fourth-order valence-corrected chi connectivity index (χ4v) is 3.04. The molecule has 0 aliphatic carbocycles. The van der Waals surface area contributed by atoms with Crippen molar-refractivity contribution in [3.8, 4) is 0 Å². The van der Waals surface area contributed by atoms with E-state index in [0.29, 0.717) is 5.69 Å². The van der Waals surface area contributed by atoms with Crippen molar-refractivity contribution in [2.24, 2.45) is 0 Å². The number of fused-ring (bicyclic) bond motifs is 1. The predicted octanol–water partition coefficient (Wildman–Crippen LogP) is 0.883. The summed E-state index contributed by atoms with van der Waals surface area (Å²) in [5, 5.41) is 18.3. The molecule has 4 rings (SSSR count). The third-order valence-electron chi connectivity index (χ3n) is 4.12. The maximum absolute atomic E-state index is 9.13. The highest BCUT2D eigenvalue weighted by Gasteiger charge is 2.24. The van der Waals surface area contributed by atoms with Crippen LogP contribution >= 0.6 is 0 Å². The SMILES string of the molecule is OCc1cn(C2CCCN(c3ncnc4[nH]ccc34)C2)nn1. The molecule has 1 saturated heterocycles. The molecule has 2 N–H and O–H groups in total. The lowest BCUT2D eigenvalue weighted by atomic mass is 10.1. The van der Waals surface area contributed by atoms with Gasteiger partial charge in [-0.05, 0) is 18.9 Å². The number of aromatic amines is 1. The van der Waals surface area contributed by atoms with Gasteiger partial charge in [0, 0.05) is 19.3 Å². The van der Waals surface area contributed by atoms with E-state index in [4.69, 9.17) is 5.11 Å². The topological polar surface area (TPSA) is 95.8 Å². The van der Waals surface area contributed by atoms with Gasteiger partial charge in [-0.2, -0.15) is 0 Å². The number of H-pyrrole nitrogens is 1. The lowest BCUT2D eigenvalue weighted by Gasteiger charge is -2.33. The first-order valence-electron chi connectivity index (χ1n) is 7.40. The Bertz CT molecular complexity index is 780. The Balaban J connectivity index is 1.62. The minimum Gasteiger partial charge on any atom is -0.390 e. The average Bonchev–Trinajstić information content (AvgIpc) is 3.23. The Labute approximate surface area is 126 Å². The first-order valence-corrected chi connectivity index (χ1v) is 7.40. The highest BCUT2D eigenvalue weighted by atomic mass is 16.3. The second-order valence-electron chi connectivity index (χ2n) is 5.53. The summed E-state index contributed by atoms with van der Waals surface area (Å²) in [5.74, 6) is 0.957. The van der Waals surface area contributed by atoms with Gasteiger partial charge in [0.05, 0.1) is 24.2 Å². The molecule has 0 bridgehead atoms. The smallest absolute Gasteiger partial charge is 0.142 e. The normalized spacial score (nSPS) is 19.0. The van der Waals surface area contributed by atoms with E-state index in [9.17, 15) is 0 Å². The summed E-state index contributed by atoms with van der Waals surface area (Å²) in [6.45, 7) is 1.72. The van der Waals surface area contributed by atoms with Crippen molar-refractivity contribution in [2.45, 2.75) is 25.5 Å². The molecule has 114 valence electrons. The maximum Gasteiger partial charge on any atom is 0.142 e. The molecule has 3 aromatic heterocycles. The van der Waals surface area contributed by atoms with Gasteiger partial charge in [-0.1, -0.05) is 5.21 Å². The van der Waals surface area contributed by atoms with Gasteiger partial charge in [-0.3, -0.25) is 0 Å². The number of aromatic nitrogens is 6. The number of nitrogens with zero attached hydrogens (tertiary/aromatic N) is 6. The van der Waals surface area contributed by atoms with Crippen LogP contribution in [0.3, 0.4) is 0 Å². The minimum atomic E-state index is -0.0771. The number of aliphatic hydroxyl groups is 1. The lowest BCUT2D eigenvalue weighted by Crippen LogP contribution is -2.37. The van der Waals surface area contributed by atoms with Crippen LogP contribution in [0.5, 0.6) is 0 Å². The van der Waals surface area contributed by atoms with Gasteiger partial charge >= 0.3 is 0 Å². The summed E-state index contributed by atoms with van der Waals surface area (Å²) in [5.41, 5.74) is 1.46. The number of aliphatic hydroxyl groups excluding tert-OH is 1. The molecule has 4 heterocycles. The van der Waals surface area contributed by atoms with Crippen molar-refractivity contribution < 1.29 is 5.11 Å². The molecule has 1 atom stereocenters. The number of rotatable bonds is 3. The van der Waals surface area contributed by atoms with Crippen LogP contribution in [0, 0.1) is 0 Å². The van der Waals surface area contributed by atoms with Crippen LogP contribution in [0.1, 0.15) is 24.6 Å². The van der Waals surface area contributed by atoms with Crippen LogP contribution in [-0.4, -0.2) is 48.1 Å². The second kappa shape index (κ2) is 5.38. The Morgan fingerprint density at radius 1 is 1.36 bits per heavy atom. The largest absolute Gasteiger partial charge is 0.390 e. The summed E-state index contributed by atoms with van der Waals surface area (Å²) >= 11 is 0. The van der Waals surface area contributed by atoms with Crippen molar-refractivity contribution in [1.82, 2.24) is 29.9 Å². The Kier molecular flexibility index (Phi) is 3.23. The van der Waals surface area contributed by atoms with E-state index in [2.05, 4.69) is 30.2 Å². The third kappa shape index (κ3) is 2.21. The van der Waals surface area contributed by atoms with Gasteiger partial charge in [-0.15, -0.1) is 5.10 Å². The quantitative estimate of drug-likeness (QED) is 0.745. The van der Waals surface area contributed by atoms with E-state index < -0.39 is 0 Å². The average molecular weight is 299 g/mol. The van der Waals surface area contributed by atoms with E-state index in [1.807, 2.05) is 23.1 Å². The van der Waals surface area contributed by atoms with Crippen LogP contribution in [0.2, 0.25) is 0 Å². The Hall–Kier alpha value is -2.48. The first-order chi connectivity index (χ1) is 10.8. The highest BCUT2D eigenvalue weighted by molar-refractivity contribution is 5.87. The fourth-order valence-electron chi connectivity index (χ4n) is 3.04. The molecule has 0 saturated carbocycles. The van der Waals surface area contributed by atoms with Crippen molar-refractivity contribution in [1.29, 1.82) is 0 Å². The van der Waals surface area contributed by atoms with Crippen molar-refractivity contribution in [3.05, 3.63) is 30.5 Å². The monoisotopic (exact) mass is 299 g/mol. The Morgan fingerprint density at radius 3 is 3.18 bits per heavy atom. The molecule has 1 aliphatic rings. The van der Waals surface area contributed by atoms with Gasteiger partial charge < -0.3 is 15.0 Å². The van der Waals surface area contributed by atoms with Crippen molar-refractivity contribution >= 4 is 16.9 Å². The Morgan fingerprint density at radius 2 is 2.32 bits per heavy atom. The van der Waals surface area contributed by atoms with Crippen LogP contribution in [0.25, 0.3) is 11.0 Å². The number of nitrogens with one attached hydrogen (secondary N) is 1. The second-order valence-corrected chi connectivity index (χ2v) is 5.53. The molecular weight excluding hydrogens is 282 g/mol. The van der Waals surface area contributed by atoms with Gasteiger partial charge in [0.25, 0.3) is 0 Å². The summed E-state index contributed by atoms with van der Waals surface area (Å²) in [6.07, 6.45) is 7.41. The minimum absolute atomic E-state index is 0.0771. The molecule has 0 radical (unpaired) electrons. The summed E-state index contributed by atoms with van der Waals surface area (Å²) in [6, 6.07) is 2.25. The number of piperidine rings is 1. The molecule has 0 amide bonds. The van der Waals surface area contributed by atoms with Crippen LogP contribution < -0.4 is 4.90 Å². The van der Waals surface area contributed by atoms with Crippen LogP contribution in [0.4, 0.5) is 5.82 Å². The molecule has 22 heavy (non-hydrogen) atoms. The van der Waals surface area contributed by atoms with E-state index in [1.165, 1.54) is 0 Å². The zero-order chi connectivity index (χ0) is 14.9. The van der Waals surface area contributed by atoms with Crippen LogP contribution in [0.15, 0.2) is 24.8 Å².